The molecule has 15 heavy (non-hydrogen) atoms. The van der Waals surface area contributed by atoms with E-state index < -0.39 is 12.0 Å². The van der Waals surface area contributed by atoms with Gasteiger partial charge in [-0.15, -0.1) is 0 Å². The van der Waals surface area contributed by atoms with Crippen LogP contribution in [-0.4, -0.2) is 41.0 Å². The molecule has 0 saturated carbocycles. The van der Waals surface area contributed by atoms with Gasteiger partial charge in [0, 0.05) is 19.0 Å². The van der Waals surface area contributed by atoms with Gasteiger partial charge >= 0.3 is 5.97 Å². The van der Waals surface area contributed by atoms with Crippen LogP contribution in [0.25, 0.3) is 0 Å². The minimum atomic E-state index is -0.799. The summed E-state index contributed by atoms with van der Waals surface area (Å²) in [5.74, 6) is -1.17. The third-order valence-electron chi connectivity index (χ3n) is 3.08. The van der Waals surface area contributed by atoms with Crippen molar-refractivity contribution >= 4 is 11.9 Å². The van der Waals surface area contributed by atoms with E-state index in [4.69, 9.17) is 10.8 Å². The molecule has 1 aliphatic heterocycles. The van der Waals surface area contributed by atoms with Gasteiger partial charge in [-0.05, 0) is 6.42 Å². The highest BCUT2D eigenvalue weighted by Gasteiger charge is 2.38. The zero-order valence-corrected chi connectivity index (χ0v) is 9.14. The number of rotatable bonds is 4. The van der Waals surface area contributed by atoms with Crippen molar-refractivity contribution in [2.75, 3.05) is 13.1 Å². The fourth-order valence-corrected chi connectivity index (χ4v) is 1.62. The first kappa shape index (κ1) is 12.0. The monoisotopic (exact) mass is 214 g/mol. The van der Waals surface area contributed by atoms with E-state index in [2.05, 4.69) is 0 Å². The predicted octanol–water partition coefficient (Wildman–Crippen LogP) is -0.0972. The van der Waals surface area contributed by atoms with Crippen molar-refractivity contribution in [3.8, 4) is 0 Å². The van der Waals surface area contributed by atoms with Crippen LogP contribution >= 0.6 is 0 Å². The van der Waals surface area contributed by atoms with Crippen LogP contribution in [0.2, 0.25) is 0 Å². The molecular weight excluding hydrogens is 196 g/mol. The Hall–Kier alpha value is -1.10. The van der Waals surface area contributed by atoms with Gasteiger partial charge in [0.15, 0.2) is 0 Å². The predicted molar refractivity (Wildman–Crippen MR) is 55.1 cm³/mol. The Kier molecular flexibility index (Phi) is 3.68. The Morgan fingerprint density at radius 3 is 2.47 bits per heavy atom. The van der Waals surface area contributed by atoms with Crippen LogP contribution in [-0.2, 0) is 9.59 Å². The fraction of sp³-hybridized carbons (Fsp3) is 0.800. The molecule has 5 heteroatoms. The minimum absolute atomic E-state index is 0.0636. The average Bonchev–Trinajstić information content (AvgIpc) is 2.13. The summed E-state index contributed by atoms with van der Waals surface area (Å²) in [4.78, 5) is 23.9. The molecule has 0 bridgehead atoms. The van der Waals surface area contributed by atoms with Crippen molar-refractivity contribution in [1.29, 1.82) is 0 Å². The van der Waals surface area contributed by atoms with Gasteiger partial charge in [0.25, 0.3) is 0 Å². The number of aliphatic carboxylic acids is 1. The first-order valence-electron chi connectivity index (χ1n) is 5.24. The number of nitrogens with two attached hydrogens (primary N) is 1. The topological polar surface area (TPSA) is 83.6 Å². The van der Waals surface area contributed by atoms with E-state index in [1.807, 2.05) is 6.92 Å². The summed E-state index contributed by atoms with van der Waals surface area (Å²) < 4.78 is 0. The first-order valence-corrected chi connectivity index (χ1v) is 5.24. The van der Waals surface area contributed by atoms with Gasteiger partial charge in [0.05, 0.1) is 12.0 Å². The van der Waals surface area contributed by atoms with Gasteiger partial charge in [-0.25, -0.2) is 0 Å². The number of amides is 1. The third-order valence-corrected chi connectivity index (χ3v) is 3.08. The number of carbonyl (C=O) groups is 2. The van der Waals surface area contributed by atoms with Crippen LogP contribution in [0.1, 0.15) is 20.3 Å². The summed E-state index contributed by atoms with van der Waals surface area (Å²) in [7, 11) is 0. The van der Waals surface area contributed by atoms with Gasteiger partial charge in [0.2, 0.25) is 5.91 Å². The normalized spacial score (nSPS) is 20.6. The number of carboxylic acid groups (broad SMARTS) is 1. The molecule has 0 spiro atoms. The molecule has 0 aromatic carbocycles. The molecule has 2 atom stereocenters. The average molecular weight is 214 g/mol. The molecule has 1 unspecified atom stereocenters. The van der Waals surface area contributed by atoms with Crippen molar-refractivity contribution in [1.82, 2.24) is 4.90 Å². The highest BCUT2D eigenvalue weighted by Crippen LogP contribution is 2.24. The Balaban J connectivity index is 2.37. The molecule has 86 valence electrons. The zero-order valence-electron chi connectivity index (χ0n) is 9.14. The van der Waals surface area contributed by atoms with E-state index in [1.165, 1.54) is 0 Å². The Bertz CT molecular complexity index is 261. The quantitative estimate of drug-likeness (QED) is 0.684. The van der Waals surface area contributed by atoms with E-state index >= 15 is 0 Å². The summed E-state index contributed by atoms with van der Waals surface area (Å²) in [5, 5.41) is 8.77. The lowest BCUT2D eigenvalue weighted by Gasteiger charge is -2.42. The van der Waals surface area contributed by atoms with E-state index in [-0.39, 0.29) is 17.7 Å². The maximum Gasteiger partial charge on any atom is 0.306 e. The maximum atomic E-state index is 11.5. The largest absolute Gasteiger partial charge is 0.481 e. The Labute approximate surface area is 89.2 Å². The van der Waals surface area contributed by atoms with Crippen LogP contribution in [0.3, 0.4) is 0 Å². The van der Waals surface area contributed by atoms with Crippen molar-refractivity contribution in [3.63, 3.8) is 0 Å². The SMILES string of the molecule is CC[C@H](N)C(=O)N1CC(C(C)C(=O)O)C1. The molecule has 0 radical (unpaired) electrons. The summed E-state index contributed by atoms with van der Waals surface area (Å²) in [6.07, 6.45) is 0.620. The van der Waals surface area contributed by atoms with Gasteiger partial charge in [-0.2, -0.15) is 0 Å². The van der Waals surface area contributed by atoms with Crippen molar-refractivity contribution < 1.29 is 14.7 Å². The molecule has 1 saturated heterocycles. The lowest BCUT2D eigenvalue weighted by Crippen LogP contribution is -2.57. The molecule has 5 nitrogen and oxygen atoms in total. The van der Waals surface area contributed by atoms with E-state index in [0.717, 1.165) is 0 Å². The van der Waals surface area contributed by atoms with Gasteiger partial charge in [-0.3, -0.25) is 9.59 Å². The number of nitrogens with zero attached hydrogens (tertiary/aromatic N) is 1. The van der Waals surface area contributed by atoms with E-state index in [1.54, 1.807) is 11.8 Å². The number of hydrogen-bond donors (Lipinski definition) is 2. The van der Waals surface area contributed by atoms with Crippen molar-refractivity contribution in [3.05, 3.63) is 0 Å². The summed E-state index contributed by atoms with van der Waals surface area (Å²) >= 11 is 0. The highest BCUT2D eigenvalue weighted by molar-refractivity contribution is 5.82. The number of likely N-dealkylation sites (tertiary alicyclic amines) is 1. The third kappa shape index (κ3) is 2.47. The molecule has 1 fully saturated rings. The summed E-state index contributed by atoms with van der Waals surface area (Å²) in [6.45, 7) is 4.59. The zero-order chi connectivity index (χ0) is 11.6. The van der Waals surface area contributed by atoms with E-state index in [0.29, 0.717) is 19.5 Å². The second-order valence-electron chi connectivity index (χ2n) is 4.14. The Morgan fingerprint density at radius 2 is 2.07 bits per heavy atom. The van der Waals surface area contributed by atoms with Gasteiger partial charge in [0.1, 0.15) is 0 Å². The first-order chi connectivity index (χ1) is 6.97. The number of hydrogen-bond acceptors (Lipinski definition) is 3. The number of carboxylic acids is 1. The van der Waals surface area contributed by atoms with Gasteiger partial charge in [-0.1, -0.05) is 13.8 Å². The molecule has 0 aliphatic carbocycles. The van der Waals surface area contributed by atoms with Crippen molar-refractivity contribution in [2.24, 2.45) is 17.6 Å². The standard InChI is InChI=1S/C10H18N2O3/c1-3-8(11)9(13)12-4-7(5-12)6(2)10(14)15/h6-8H,3-5,11H2,1-2H3,(H,14,15)/t6?,8-/m0/s1. The molecule has 0 aromatic rings. The second-order valence-corrected chi connectivity index (χ2v) is 4.14. The maximum absolute atomic E-state index is 11.5. The molecule has 1 heterocycles. The lowest BCUT2D eigenvalue weighted by atomic mass is 9.86. The van der Waals surface area contributed by atoms with Crippen molar-refractivity contribution in [2.45, 2.75) is 26.3 Å². The summed E-state index contributed by atoms with van der Waals surface area (Å²) in [5.41, 5.74) is 5.60. The minimum Gasteiger partial charge on any atom is -0.481 e. The highest BCUT2D eigenvalue weighted by atomic mass is 16.4. The number of carbonyl (C=O) groups excluding carboxylic acids is 1. The summed E-state index contributed by atoms with van der Waals surface area (Å²) in [6, 6.07) is -0.439. The molecule has 1 rings (SSSR count). The van der Waals surface area contributed by atoms with Crippen LogP contribution in [0.4, 0.5) is 0 Å². The van der Waals surface area contributed by atoms with Gasteiger partial charge < -0.3 is 15.7 Å². The van der Waals surface area contributed by atoms with E-state index in [9.17, 15) is 9.59 Å². The lowest BCUT2D eigenvalue weighted by molar-refractivity contribution is -0.151. The van der Waals surface area contributed by atoms with Crippen LogP contribution in [0.15, 0.2) is 0 Å². The van der Waals surface area contributed by atoms with Crippen LogP contribution < -0.4 is 5.73 Å². The molecule has 0 aromatic heterocycles. The van der Waals surface area contributed by atoms with Crippen LogP contribution in [0.5, 0.6) is 0 Å². The molecule has 3 N–H and O–H groups in total. The smallest absolute Gasteiger partial charge is 0.306 e. The molecular formula is C10H18N2O3. The Morgan fingerprint density at radius 1 is 1.53 bits per heavy atom. The molecule has 1 aliphatic rings. The van der Waals surface area contributed by atoms with Crippen LogP contribution in [0, 0.1) is 11.8 Å². The second kappa shape index (κ2) is 4.61. The fourth-order valence-electron chi connectivity index (χ4n) is 1.62. The molecule has 1 amide bonds.